The second-order valence-electron chi connectivity index (χ2n) is 11.2. The molecule has 0 fully saturated rings. The van der Waals surface area contributed by atoms with Crippen LogP contribution in [0.15, 0.2) is 133 Å². The van der Waals surface area contributed by atoms with Gasteiger partial charge in [0.15, 0.2) is 5.16 Å². The first kappa shape index (κ1) is 36.3. The standard InChI is InChI=1S/C20H21N3O2S.C18H19N5O2/c1-22-14-13-21-19(22)26-15-12-16-8-10-18(11-9-16)25-20(24)23(2)17-6-4-3-5-7-17;1-2-23(16-6-4-3-5-7-16)18(24)25-17-10-8-15(9-11-17)12-13-22-14-19-20-21-22/h3-11,13-14H,12,15H2,1-2H3;3-11,14H,2,12-13H2,1H3. The molecule has 0 radical (unpaired) electrons. The molecule has 0 bridgehead atoms. The third-order valence-corrected chi connectivity index (χ3v) is 8.76. The fourth-order valence-corrected chi connectivity index (χ4v) is 5.75. The molecule has 0 aliphatic carbocycles. The summed E-state index contributed by atoms with van der Waals surface area (Å²) in [5, 5.41) is 12.0. The van der Waals surface area contributed by atoms with Crippen molar-refractivity contribution in [1.82, 2.24) is 29.8 Å². The SMILES string of the molecule is CCN(C(=O)Oc1ccc(CCn2cnnn2)cc1)c1ccccc1.CN(C(=O)Oc1ccc(CCSc2nccn2C)cc1)c1ccccc1. The normalized spacial score (nSPS) is 10.5. The summed E-state index contributed by atoms with van der Waals surface area (Å²) in [6.07, 6.45) is 6.25. The van der Waals surface area contributed by atoms with Crippen molar-refractivity contribution in [3.8, 4) is 11.5 Å². The van der Waals surface area contributed by atoms with Gasteiger partial charge in [0.05, 0.1) is 0 Å². The van der Waals surface area contributed by atoms with Crippen molar-refractivity contribution in [2.24, 2.45) is 7.05 Å². The number of ether oxygens (including phenoxy) is 2. The maximum atomic E-state index is 12.4. The number of benzene rings is 4. The van der Waals surface area contributed by atoms with Gasteiger partial charge in [0, 0.05) is 56.7 Å². The van der Waals surface area contributed by atoms with Gasteiger partial charge in [-0.1, -0.05) is 72.4 Å². The number of aryl methyl sites for hydroxylation is 4. The van der Waals surface area contributed by atoms with Crippen LogP contribution in [0.1, 0.15) is 18.1 Å². The summed E-state index contributed by atoms with van der Waals surface area (Å²) >= 11 is 1.72. The number of hydrogen-bond acceptors (Lipinski definition) is 9. The van der Waals surface area contributed by atoms with Gasteiger partial charge in [0.2, 0.25) is 0 Å². The van der Waals surface area contributed by atoms with Crippen LogP contribution in [0.4, 0.5) is 21.0 Å². The number of carbonyl (C=O) groups is 2. The van der Waals surface area contributed by atoms with Gasteiger partial charge in [0.25, 0.3) is 0 Å². The summed E-state index contributed by atoms with van der Waals surface area (Å²) in [7, 11) is 3.69. The highest BCUT2D eigenvalue weighted by molar-refractivity contribution is 7.99. The number of thioether (sulfide) groups is 1. The molecule has 0 N–H and O–H groups in total. The van der Waals surface area contributed by atoms with Crippen molar-refractivity contribution >= 4 is 35.3 Å². The third-order valence-electron chi connectivity index (χ3n) is 7.70. The highest BCUT2D eigenvalue weighted by Gasteiger charge is 2.16. The van der Waals surface area contributed by atoms with Crippen molar-refractivity contribution in [3.05, 3.63) is 139 Å². The molecule has 0 saturated carbocycles. The molecule has 0 saturated heterocycles. The summed E-state index contributed by atoms with van der Waals surface area (Å²) in [6.45, 7) is 3.15. The molecule has 0 spiro atoms. The van der Waals surface area contributed by atoms with Crippen LogP contribution in [-0.2, 0) is 26.4 Å². The molecular formula is C38H40N8O4S. The van der Waals surface area contributed by atoms with E-state index in [0.717, 1.165) is 40.7 Å². The van der Waals surface area contributed by atoms with Crippen LogP contribution in [0.25, 0.3) is 0 Å². The number of anilines is 2. The lowest BCUT2D eigenvalue weighted by molar-refractivity contribution is 0.207. The van der Waals surface area contributed by atoms with Gasteiger partial charge in [-0.25, -0.2) is 19.3 Å². The Hall–Kier alpha value is -5.95. The second kappa shape index (κ2) is 18.7. The van der Waals surface area contributed by atoms with Gasteiger partial charge in [-0.05, 0) is 89.8 Å². The molecule has 2 amide bonds. The lowest BCUT2D eigenvalue weighted by Gasteiger charge is -2.20. The molecule has 6 rings (SSSR count). The summed E-state index contributed by atoms with van der Waals surface area (Å²) in [5.74, 6) is 2.00. The Morgan fingerprint density at radius 3 is 1.90 bits per heavy atom. The van der Waals surface area contributed by atoms with E-state index in [-0.39, 0.29) is 0 Å². The van der Waals surface area contributed by atoms with E-state index in [2.05, 4.69) is 20.5 Å². The predicted octanol–water partition coefficient (Wildman–Crippen LogP) is 7.33. The highest BCUT2D eigenvalue weighted by Crippen LogP contribution is 2.21. The lowest BCUT2D eigenvalue weighted by atomic mass is 10.1. The number of para-hydroxylation sites is 2. The van der Waals surface area contributed by atoms with Crippen LogP contribution >= 0.6 is 11.8 Å². The fraction of sp³-hybridized carbons (Fsp3) is 0.211. The van der Waals surface area contributed by atoms with Crippen LogP contribution < -0.4 is 19.3 Å². The highest BCUT2D eigenvalue weighted by atomic mass is 32.2. The number of carbonyl (C=O) groups excluding carboxylic acids is 2. The van der Waals surface area contributed by atoms with Crippen molar-refractivity contribution in [3.63, 3.8) is 0 Å². The first-order valence-corrected chi connectivity index (χ1v) is 17.4. The van der Waals surface area contributed by atoms with E-state index < -0.39 is 12.2 Å². The lowest BCUT2D eigenvalue weighted by Crippen LogP contribution is -2.33. The number of imidazole rings is 1. The van der Waals surface area contributed by atoms with Gasteiger partial charge in [0.1, 0.15) is 17.8 Å². The molecule has 13 heteroatoms. The minimum atomic E-state index is -0.408. The molecule has 12 nitrogen and oxygen atoms in total. The van der Waals surface area contributed by atoms with E-state index in [0.29, 0.717) is 24.6 Å². The first-order valence-electron chi connectivity index (χ1n) is 16.4. The van der Waals surface area contributed by atoms with Crippen molar-refractivity contribution in [2.45, 2.75) is 31.5 Å². The minimum absolute atomic E-state index is 0.393. The Bertz CT molecular complexity index is 1920. The van der Waals surface area contributed by atoms with Gasteiger partial charge < -0.3 is 14.0 Å². The van der Waals surface area contributed by atoms with Crippen LogP contribution in [0, 0.1) is 0 Å². The molecular weight excluding hydrogens is 665 g/mol. The number of nitrogens with zero attached hydrogens (tertiary/aromatic N) is 8. The number of rotatable bonds is 12. The maximum absolute atomic E-state index is 12.4. The van der Waals surface area contributed by atoms with Gasteiger partial charge in [-0.3, -0.25) is 9.80 Å². The molecule has 0 atom stereocenters. The minimum Gasteiger partial charge on any atom is -0.410 e. The van der Waals surface area contributed by atoms with E-state index in [4.69, 9.17) is 9.47 Å². The van der Waals surface area contributed by atoms with Crippen LogP contribution in [0.2, 0.25) is 0 Å². The number of aromatic nitrogens is 6. The van der Waals surface area contributed by atoms with Crippen LogP contribution in [-0.4, -0.2) is 61.3 Å². The maximum Gasteiger partial charge on any atom is 0.419 e. The molecule has 0 aliphatic heterocycles. The Balaban J connectivity index is 0.000000198. The molecule has 262 valence electrons. The zero-order chi connectivity index (χ0) is 35.8. The van der Waals surface area contributed by atoms with Crippen molar-refractivity contribution in [2.75, 3.05) is 29.1 Å². The second-order valence-corrected chi connectivity index (χ2v) is 12.3. The van der Waals surface area contributed by atoms with E-state index in [1.54, 1.807) is 53.0 Å². The molecule has 2 heterocycles. The van der Waals surface area contributed by atoms with Gasteiger partial charge in [-0.2, -0.15) is 0 Å². The van der Waals surface area contributed by atoms with Crippen LogP contribution in [0.5, 0.6) is 11.5 Å². The topological polar surface area (TPSA) is 120 Å². The Morgan fingerprint density at radius 1 is 0.765 bits per heavy atom. The van der Waals surface area contributed by atoms with E-state index in [1.165, 1.54) is 10.5 Å². The van der Waals surface area contributed by atoms with Crippen molar-refractivity contribution in [1.29, 1.82) is 0 Å². The smallest absolute Gasteiger partial charge is 0.410 e. The average molecular weight is 705 g/mol. The summed E-state index contributed by atoms with van der Waals surface area (Å²) in [6, 6.07) is 34.0. The fourth-order valence-electron chi connectivity index (χ4n) is 4.83. The number of hydrogen-bond donors (Lipinski definition) is 0. The monoisotopic (exact) mass is 704 g/mol. The molecule has 0 aliphatic rings. The summed E-state index contributed by atoms with van der Waals surface area (Å²) in [4.78, 5) is 32.0. The number of tetrazole rings is 1. The quantitative estimate of drug-likeness (QED) is 0.121. The average Bonchev–Trinajstić information content (AvgIpc) is 3.85. The Morgan fingerprint density at radius 2 is 1.35 bits per heavy atom. The first-order chi connectivity index (χ1) is 24.9. The van der Waals surface area contributed by atoms with Gasteiger partial charge in [-0.15, -0.1) is 5.10 Å². The molecule has 51 heavy (non-hydrogen) atoms. The van der Waals surface area contributed by atoms with E-state index in [1.807, 2.05) is 122 Å². The Labute approximate surface area is 301 Å². The third kappa shape index (κ3) is 11.0. The zero-order valence-corrected chi connectivity index (χ0v) is 29.6. The number of amides is 2. The molecule has 2 aromatic heterocycles. The van der Waals surface area contributed by atoms with Gasteiger partial charge >= 0.3 is 12.2 Å². The molecule has 0 unspecified atom stereocenters. The van der Waals surface area contributed by atoms with E-state index in [9.17, 15) is 9.59 Å². The van der Waals surface area contributed by atoms with Crippen LogP contribution in [0.3, 0.4) is 0 Å². The van der Waals surface area contributed by atoms with E-state index >= 15 is 0 Å². The van der Waals surface area contributed by atoms with Crippen molar-refractivity contribution < 1.29 is 19.1 Å². The molecule has 6 aromatic rings. The molecule has 4 aromatic carbocycles. The summed E-state index contributed by atoms with van der Waals surface area (Å²) in [5.41, 5.74) is 3.92. The zero-order valence-electron chi connectivity index (χ0n) is 28.8. The largest absolute Gasteiger partial charge is 0.419 e. The predicted molar refractivity (Wildman–Crippen MR) is 198 cm³/mol. The Kier molecular flexibility index (Phi) is 13.3. The summed E-state index contributed by atoms with van der Waals surface area (Å²) < 4.78 is 14.6.